The Morgan fingerprint density at radius 3 is 2.42 bits per heavy atom. The van der Waals surface area contributed by atoms with Gasteiger partial charge in [-0.15, -0.1) is 0 Å². The van der Waals surface area contributed by atoms with Crippen LogP contribution in [-0.4, -0.2) is 24.9 Å². The molecule has 0 aliphatic rings. The molecule has 1 unspecified atom stereocenters. The van der Waals surface area contributed by atoms with E-state index >= 15 is 0 Å². The summed E-state index contributed by atoms with van der Waals surface area (Å²) in [6.45, 7) is 4.49. The third kappa shape index (κ3) is 6.38. The zero-order chi connectivity index (χ0) is 9.40. The Morgan fingerprint density at radius 2 is 2.00 bits per heavy atom. The summed E-state index contributed by atoms with van der Waals surface area (Å²) in [5.41, 5.74) is 0. The average molecular weight is 172 g/mol. The Kier molecular flexibility index (Phi) is 7.11. The van der Waals surface area contributed by atoms with Gasteiger partial charge in [0.1, 0.15) is 0 Å². The summed E-state index contributed by atoms with van der Waals surface area (Å²) >= 11 is 0. The molecule has 0 aliphatic carbocycles. The van der Waals surface area contributed by atoms with Crippen molar-refractivity contribution in [1.82, 2.24) is 0 Å². The molecule has 0 aromatic rings. The van der Waals surface area contributed by atoms with E-state index in [2.05, 4.69) is 13.8 Å². The lowest BCUT2D eigenvalue weighted by atomic mass is 10.0. The molecule has 0 saturated heterocycles. The lowest BCUT2D eigenvalue weighted by molar-refractivity contribution is 0.0868. The largest absolute Gasteiger partial charge is 0.392 e. The van der Waals surface area contributed by atoms with Crippen molar-refractivity contribution >= 4 is 0 Å². The van der Waals surface area contributed by atoms with E-state index in [0.717, 1.165) is 12.8 Å². The average Bonchev–Trinajstić information content (AvgIpc) is 2.02. The summed E-state index contributed by atoms with van der Waals surface area (Å²) < 4.78 is 5.27. The molecule has 0 spiro atoms. The Morgan fingerprint density at radius 1 is 1.33 bits per heavy atom. The van der Waals surface area contributed by atoms with Gasteiger partial charge >= 0.3 is 0 Å². The first kappa shape index (κ1) is 11.7. The first-order chi connectivity index (χ1) is 5.70. The lowest BCUT2D eigenvalue weighted by Crippen LogP contribution is -2.12. The minimum absolute atomic E-state index is 0.123. The van der Waals surface area contributed by atoms with E-state index in [1.54, 1.807) is 13.2 Å². The van der Waals surface area contributed by atoms with Crippen LogP contribution in [0, 0.1) is 5.92 Å². The number of rotatable bonds is 6. The Labute approximate surface area is 75.2 Å². The smallest absolute Gasteiger partial charge is 0.0612 e. The standard InChI is InChI=1S/C10H20O2/c1-9(2)8-10(12-3)6-4-5-7-11/h4-5,9-11H,6-8H2,1-3H3/b5-4+. The van der Waals surface area contributed by atoms with Gasteiger partial charge in [0.15, 0.2) is 0 Å². The molecule has 0 saturated carbocycles. The van der Waals surface area contributed by atoms with Gasteiger partial charge in [0.05, 0.1) is 12.7 Å². The number of aliphatic hydroxyl groups excluding tert-OH is 1. The maximum absolute atomic E-state index is 8.51. The molecule has 0 amide bonds. The number of ether oxygens (including phenoxy) is 1. The van der Waals surface area contributed by atoms with Crippen molar-refractivity contribution in [3.63, 3.8) is 0 Å². The second-order valence-corrected chi connectivity index (χ2v) is 3.38. The fourth-order valence-electron chi connectivity index (χ4n) is 1.14. The highest BCUT2D eigenvalue weighted by atomic mass is 16.5. The van der Waals surface area contributed by atoms with E-state index in [1.165, 1.54) is 0 Å². The molecule has 1 N–H and O–H groups in total. The highest BCUT2D eigenvalue weighted by Crippen LogP contribution is 2.11. The van der Waals surface area contributed by atoms with E-state index in [4.69, 9.17) is 9.84 Å². The van der Waals surface area contributed by atoms with Crippen molar-refractivity contribution in [2.24, 2.45) is 5.92 Å². The molecule has 0 fully saturated rings. The van der Waals surface area contributed by atoms with Gasteiger partial charge in [-0.25, -0.2) is 0 Å². The zero-order valence-corrected chi connectivity index (χ0v) is 8.29. The highest BCUT2D eigenvalue weighted by Gasteiger charge is 2.06. The monoisotopic (exact) mass is 172 g/mol. The van der Waals surface area contributed by atoms with Gasteiger partial charge in [0.2, 0.25) is 0 Å². The summed E-state index contributed by atoms with van der Waals surface area (Å²) in [6, 6.07) is 0. The van der Waals surface area contributed by atoms with Crippen LogP contribution in [0.25, 0.3) is 0 Å². The minimum Gasteiger partial charge on any atom is -0.392 e. The summed E-state index contributed by atoms with van der Waals surface area (Å²) in [5.74, 6) is 0.664. The van der Waals surface area contributed by atoms with Gasteiger partial charge < -0.3 is 9.84 Å². The van der Waals surface area contributed by atoms with Crippen LogP contribution in [0.5, 0.6) is 0 Å². The van der Waals surface area contributed by atoms with Crippen molar-refractivity contribution in [2.75, 3.05) is 13.7 Å². The van der Waals surface area contributed by atoms with Crippen molar-refractivity contribution in [3.05, 3.63) is 12.2 Å². The fraction of sp³-hybridized carbons (Fsp3) is 0.800. The van der Waals surface area contributed by atoms with Gasteiger partial charge in [-0.05, 0) is 18.8 Å². The predicted octanol–water partition coefficient (Wildman–Crippen LogP) is 1.99. The van der Waals surface area contributed by atoms with Gasteiger partial charge in [-0.1, -0.05) is 26.0 Å². The van der Waals surface area contributed by atoms with Gasteiger partial charge in [0.25, 0.3) is 0 Å². The summed E-state index contributed by atoms with van der Waals surface area (Å²) in [4.78, 5) is 0. The van der Waals surface area contributed by atoms with E-state index in [9.17, 15) is 0 Å². The molecule has 0 heterocycles. The zero-order valence-electron chi connectivity index (χ0n) is 8.29. The van der Waals surface area contributed by atoms with Crippen LogP contribution in [0.1, 0.15) is 26.7 Å². The quantitative estimate of drug-likeness (QED) is 0.621. The molecular weight excluding hydrogens is 152 g/mol. The number of hydrogen-bond donors (Lipinski definition) is 1. The molecule has 0 bridgehead atoms. The molecule has 0 rings (SSSR count). The van der Waals surface area contributed by atoms with Crippen LogP contribution in [0.2, 0.25) is 0 Å². The predicted molar refractivity (Wildman–Crippen MR) is 51.1 cm³/mol. The molecule has 1 atom stereocenters. The third-order valence-corrected chi connectivity index (χ3v) is 1.74. The van der Waals surface area contributed by atoms with Gasteiger partial charge in [0, 0.05) is 7.11 Å². The van der Waals surface area contributed by atoms with E-state index < -0.39 is 0 Å². The van der Waals surface area contributed by atoms with E-state index in [0.29, 0.717) is 12.0 Å². The molecule has 2 heteroatoms. The first-order valence-corrected chi connectivity index (χ1v) is 4.49. The second kappa shape index (κ2) is 7.32. The van der Waals surface area contributed by atoms with Crippen molar-refractivity contribution in [3.8, 4) is 0 Å². The molecule has 0 aliphatic heterocycles. The minimum atomic E-state index is 0.123. The maximum Gasteiger partial charge on any atom is 0.0612 e. The van der Waals surface area contributed by atoms with Crippen LogP contribution in [0.3, 0.4) is 0 Å². The molecule has 72 valence electrons. The van der Waals surface area contributed by atoms with Crippen molar-refractivity contribution in [2.45, 2.75) is 32.8 Å². The summed E-state index contributed by atoms with van der Waals surface area (Å²) in [6.07, 6.45) is 6.00. The summed E-state index contributed by atoms with van der Waals surface area (Å²) in [5, 5.41) is 8.51. The third-order valence-electron chi connectivity index (χ3n) is 1.74. The maximum atomic E-state index is 8.51. The van der Waals surface area contributed by atoms with Crippen LogP contribution < -0.4 is 0 Å². The normalized spacial score (nSPS) is 14.4. The molecular formula is C10H20O2. The second-order valence-electron chi connectivity index (χ2n) is 3.38. The SMILES string of the molecule is COC(C/C=C/CO)CC(C)C. The van der Waals surface area contributed by atoms with Crippen LogP contribution in [0.15, 0.2) is 12.2 Å². The Bertz CT molecular complexity index is 119. The molecule has 0 aromatic carbocycles. The number of aliphatic hydroxyl groups is 1. The Hall–Kier alpha value is -0.340. The van der Waals surface area contributed by atoms with E-state index in [-0.39, 0.29) is 6.61 Å². The van der Waals surface area contributed by atoms with Crippen LogP contribution in [-0.2, 0) is 4.74 Å². The number of methoxy groups -OCH3 is 1. The van der Waals surface area contributed by atoms with Gasteiger partial charge in [-0.2, -0.15) is 0 Å². The summed E-state index contributed by atoms with van der Waals surface area (Å²) in [7, 11) is 1.74. The first-order valence-electron chi connectivity index (χ1n) is 4.49. The highest BCUT2D eigenvalue weighted by molar-refractivity contribution is 4.84. The topological polar surface area (TPSA) is 29.5 Å². The lowest BCUT2D eigenvalue weighted by Gasteiger charge is -2.15. The van der Waals surface area contributed by atoms with Crippen LogP contribution in [0.4, 0.5) is 0 Å². The van der Waals surface area contributed by atoms with Crippen molar-refractivity contribution in [1.29, 1.82) is 0 Å². The molecule has 12 heavy (non-hydrogen) atoms. The molecule has 2 nitrogen and oxygen atoms in total. The number of hydrogen-bond acceptors (Lipinski definition) is 2. The fourth-order valence-corrected chi connectivity index (χ4v) is 1.14. The Balaban J connectivity index is 3.60. The van der Waals surface area contributed by atoms with Gasteiger partial charge in [-0.3, -0.25) is 0 Å². The van der Waals surface area contributed by atoms with E-state index in [1.807, 2.05) is 6.08 Å². The van der Waals surface area contributed by atoms with Crippen LogP contribution >= 0.6 is 0 Å². The molecule has 0 aromatic heterocycles. The van der Waals surface area contributed by atoms with Crippen molar-refractivity contribution < 1.29 is 9.84 Å². The molecule has 0 radical (unpaired) electrons.